The number of anilines is 1. The second-order valence-corrected chi connectivity index (χ2v) is 5.86. The average molecular weight is 268 g/mol. The highest BCUT2D eigenvalue weighted by molar-refractivity contribution is 8.01. The quantitative estimate of drug-likeness (QED) is 0.822. The predicted molar refractivity (Wildman–Crippen MR) is 74.5 cm³/mol. The third-order valence-corrected chi connectivity index (χ3v) is 4.59. The molecule has 0 aliphatic carbocycles. The van der Waals surface area contributed by atoms with E-state index in [2.05, 4.69) is 29.4 Å². The summed E-state index contributed by atoms with van der Waals surface area (Å²) in [4.78, 5) is 4.24. The number of hydrogen-bond acceptors (Lipinski definition) is 5. The summed E-state index contributed by atoms with van der Waals surface area (Å²) < 4.78 is 6.97. The molecule has 1 N–H and O–H groups in total. The van der Waals surface area contributed by atoms with Crippen LogP contribution in [0.2, 0.25) is 0 Å². The van der Waals surface area contributed by atoms with E-state index in [0.717, 1.165) is 35.2 Å². The molecule has 17 heavy (non-hydrogen) atoms. The number of nitrogens with zero attached hydrogens (tertiary/aromatic N) is 1. The van der Waals surface area contributed by atoms with Crippen LogP contribution in [0, 0.1) is 0 Å². The zero-order valence-electron chi connectivity index (χ0n) is 10.0. The van der Waals surface area contributed by atoms with E-state index < -0.39 is 0 Å². The van der Waals surface area contributed by atoms with Gasteiger partial charge in [0.15, 0.2) is 5.13 Å². The third kappa shape index (κ3) is 3.51. The van der Waals surface area contributed by atoms with Gasteiger partial charge in [0.25, 0.3) is 0 Å². The van der Waals surface area contributed by atoms with Gasteiger partial charge in [0.1, 0.15) is 5.76 Å². The molecule has 0 aromatic carbocycles. The van der Waals surface area contributed by atoms with Crippen LogP contribution in [-0.4, -0.2) is 17.8 Å². The fourth-order valence-electron chi connectivity index (χ4n) is 1.46. The highest BCUT2D eigenvalue weighted by Crippen LogP contribution is 2.30. The molecule has 0 saturated carbocycles. The van der Waals surface area contributed by atoms with Gasteiger partial charge < -0.3 is 10.1 Å². The van der Waals surface area contributed by atoms with Gasteiger partial charge in [-0.2, -0.15) is 0 Å². The van der Waals surface area contributed by atoms with Crippen molar-refractivity contribution in [2.45, 2.75) is 24.0 Å². The summed E-state index contributed by atoms with van der Waals surface area (Å²) in [5.74, 6) is 3.03. The first-order chi connectivity index (χ1) is 8.31. The predicted octanol–water partition coefficient (Wildman–Crippen LogP) is 3.88. The number of nitrogens with one attached hydrogen (secondary N) is 1. The molecule has 0 atom stereocenters. The second-order valence-electron chi connectivity index (χ2n) is 3.56. The first kappa shape index (κ1) is 12.5. The Labute approximate surface area is 110 Å². The lowest BCUT2D eigenvalue weighted by Crippen LogP contribution is -1.99. The van der Waals surface area contributed by atoms with Crippen LogP contribution in [0.4, 0.5) is 5.13 Å². The zero-order valence-corrected chi connectivity index (χ0v) is 11.7. The molecule has 0 unspecified atom stereocenters. The Bertz CT molecular complexity index is 437. The van der Waals surface area contributed by atoms with Crippen molar-refractivity contribution in [3.8, 4) is 0 Å². The van der Waals surface area contributed by atoms with Crippen molar-refractivity contribution < 1.29 is 4.74 Å². The van der Waals surface area contributed by atoms with Gasteiger partial charge in [-0.25, -0.2) is 4.98 Å². The Kier molecular flexibility index (Phi) is 4.50. The van der Waals surface area contributed by atoms with E-state index in [1.54, 1.807) is 23.1 Å². The first-order valence-electron chi connectivity index (χ1n) is 5.64. The molecule has 2 heterocycles. The molecule has 92 valence electrons. The molecule has 5 heteroatoms. The van der Waals surface area contributed by atoms with Crippen LogP contribution in [0.1, 0.15) is 19.8 Å². The molecule has 1 aromatic heterocycles. The van der Waals surface area contributed by atoms with Crippen LogP contribution in [0.25, 0.3) is 0 Å². The van der Waals surface area contributed by atoms with Crippen LogP contribution in [0.5, 0.6) is 0 Å². The van der Waals surface area contributed by atoms with E-state index in [-0.39, 0.29) is 0 Å². The lowest BCUT2D eigenvalue weighted by molar-refractivity contribution is 0.289. The van der Waals surface area contributed by atoms with Gasteiger partial charge in [-0.1, -0.05) is 18.3 Å². The zero-order chi connectivity index (χ0) is 12.1. The van der Waals surface area contributed by atoms with Crippen molar-refractivity contribution in [3.05, 3.63) is 29.9 Å². The summed E-state index contributed by atoms with van der Waals surface area (Å²) in [7, 11) is 1.89. The molecule has 2 rings (SSSR count). The van der Waals surface area contributed by atoms with Gasteiger partial charge in [-0.3, -0.25) is 0 Å². The minimum atomic E-state index is 0.878. The molecule has 3 nitrogen and oxygen atoms in total. The van der Waals surface area contributed by atoms with Crippen LogP contribution in [0.15, 0.2) is 34.1 Å². The molecule has 0 amide bonds. The van der Waals surface area contributed by atoms with Crippen LogP contribution >= 0.6 is 23.1 Å². The maximum atomic E-state index is 5.76. The summed E-state index contributed by atoms with van der Waals surface area (Å²) in [6.45, 7) is 2.12. The number of allylic oxidation sites excluding steroid dienone is 3. The molecule has 0 bridgehead atoms. The van der Waals surface area contributed by atoms with E-state index in [9.17, 15) is 0 Å². The smallest absolute Gasteiger partial charge is 0.183 e. The van der Waals surface area contributed by atoms with E-state index in [4.69, 9.17) is 4.74 Å². The van der Waals surface area contributed by atoms with Crippen LogP contribution in [-0.2, 0) is 4.74 Å². The average Bonchev–Trinajstić information content (AvgIpc) is 2.84. The molecular weight excluding hydrogens is 252 g/mol. The van der Waals surface area contributed by atoms with Crippen molar-refractivity contribution in [1.82, 2.24) is 4.98 Å². The number of ether oxygens (including phenoxy) is 1. The molecule has 1 aliphatic rings. The summed E-state index contributed by atoms with van der Waals surface area (Å²) in [5, 5.41) is 4.00. The Balaban J connectivity index is 1.84. The minimum absolute atomic E-state index is 0.878. The number of hydrogen-bond donors (Lipinski definition) is 1. The molecule has 0 saturated heterocycles. The minimum Gasteiger partial charge on any atom is -0.466 e. The van der Waals surface area contributed by atoms with Crippen LogP contribution in [0.3, 0.4) is 0 Å². The fourth-order valence-corrected chi connectivity index (χ4v) is 3.20. The topological polar surface area (TPSA) is 34.2 Å². The summed E-state index contributed by atoms with van der Waals surface area (Å²) in [6, 6.07) is 0. The van der Waals surface area contributed by atoms with Gasteiger partial charge in [-0.15, -0.1) is 11.8 Å². The number of aromatic nitrogens is 1. The standard InChI is InChI=1S/C12H16N2OS2/c1-3-9-5-4-6-10(15-9)8-16-11-7-14-12(13-2)17-11/h5-7H,3-4,8H2,1-2H3,(H,13,14). The fraction of sp³-hybridized carbons (Fsp3) is 0.417. The number of rotatable bonds is 5. The van der Waals surface area contributed by atoms with Crippen molar-refractivity contribution in [2.75, 3.05) is 18.1 Å². The van der Waals surface area contributed by atoms with Crippen LogP contribution < -0.4 is 5.32 Å². The Morgan fingerprint density at radius 1 is 1.47 bits per heavy atom. The second kappa shape index (κ2) is 6.12. The normalized spacial score (nSPS) is 14.9. The Morgan fingerprint density at radius 2 is 2.29 bits per heavy atom. The number of thiazole rings is 1. The van der Waals surface area contributed by atoms with E-state index in [1.165, 1.54) is 4.21 Å². The molecule has 0 fully saturated rings. The maximum absolute atomic E-state index is 5.76. The highest BCUT2D eigenvalue weighted by atomic mass is 32.2. The third-order valence-electron chi connectivity index (χ3n) is 2.36. The van der Waals surface area contributed by atoms with Gasteiger partial charge in [0.2, 0.25) is 0 Å². The largest absolute Gasteiger partial charge is 0.466 e. The van der Waals surface area contributed by atoms with Gasteiger partial charge in [-0.05, 0) is 18.6 Å². The summed E-state index contributed by atoms with van der Waals surface area (Å²) in [6.07, 6.45) is 8.14. The molecule has 1 aromatic rings. The lowest BCUT2D eigenvalue weighted by Gasteiger charge is -2.15. The van der Waals surface area contributed by atoms with Crippen molar-refractivity contribution in [1.29, 1.82) is 0 Å². The maximum Gasteiger partial charge on any atom is 0.183 e. The van der Waals surface area contributed by atoms with E-state index in [0.29, 0.717) is 0 Å². The van der Waals surface area contributed by atoms with E-state index in [1.807, 2.05) is 13.2 Å². The van der Waals surface area contributed by atoms with Gasteiger partial charge in [0, 0.05) is 13.5 Å². The van der Waals surface area contributed by atoms with Crippen molar-refractivity contribution >= 4 is 28.2 Å². The van der Waals surface area contributed by atoms with Gasteiger partial charge >= 0.3 is 0 Å². The lowest BCUT2D eigenvalue weighted by atomic mass is 10.2. The molecule has 1 aliphatic heterocycles. The molecule has 0 spiro atoms. The summed E-state index contributed by atoms with van der Waals surface area (Å²) >= 11 is 3.44. The first-order valence-corrected chi connectivity index (χ1v) is 7.44. The van der Waals surface area contributed by atoms with Crippen molar-refractivity contribution in [2.24, 2.45) is 0 Å². The summed E-state index contributed by atoms with van der Waals surface area (Å²) in [5.41, 5.74) is 0. The highest BCUT2D eigenvalue weighted by Gasteiger charge is 2.08. The van der Waals surface area contributed by atoms with Crippen molar-refractivity contribution in [3.63, 3.8) is 0 Å². The molecular formula is C12H16N2OS2. The Morgan fingerprint density at radius 3 is 3.00 bits per heavy atom. The number of thioether (sulfide) groups is 1. The SMILES string of the molecule is CCC1=CCC=C(CSc2cnc(NC)s2)O1. The van der Waals surface area contributed by atoms with E-state index >= 15 is 0 Å². The molecule has 0 radical (unpaired) electrons. The van der Waals surface area contributed by atoms with Gasteiger partial charge in [0.05, 0.1) is 21.9 Å². The Hall–Kier alpha value is -0.940. The monoisotopic (exact) mass is 268 g/mol.